The van der Waals surface area contributed by atoms with E-state index in [0.717, 1.165) is 50.5 Å². The highest BCUT2D eigenvalue weighted by atomic mass is 16.5. The molecule has 1 N–H and O–H groups in total. The summed E-state index contributed by atoms with van der Waals surface area (Å²) in [6.45, 7) is 5.88. The first-order valence-corrected chi connectivity index (χ1v) is 7.23. The van der Waals surface area contributed by atoms with Crippen LogP contribution in [0.25, 0.3) is 0 Å². The van der Waals surface area contributed by atoms with E-state index in [4.69, 9.17) is 4.74 Å². The van der Waals surface area contributed by atoms with Gasteiger partial charge < -0.3 is 15.0 Å². The highest BCUT2D eigenvalue weighted by Gasteiger charge is 2.44. The number of carbonyl (C=O) groups excluding carboxylic acids is 1. The molecule has 108 valence electrons. The molecule has 0 spiro atoms. The first kappa shape index (κ1) is 13.4. The Balaban J connectivity index is 1.54. The van der Waals surface area contributed by atoms with Crippen LogP contribution < -0.4 is 10.2 Å². The van der Waals surface area contributed by atoms with E-state index in [1.165, 1.54) is 0 Å². The molecule has 20 heavy (non-hydrogen) atoms. The Morgan fingerprint density at radius 1 is 1.40 bits per heavy atom. The standard InChI is InChI=1S/C15H21N3O2/c1-15(4-5-15)14(19)17-11-12-2-3-13(16-10-12)18-6-8-20-9-7-18/h2-3,10H,4-9,11H2,1H3,(H,17,19). The lowest BCUT2D eigenvalue weighted by molar-refractivity contribution is -0.125. The SMILES string of the molecule is CC1(C(=O)NCc2ccc(N3CCOCC3)nc2)CC1. The predicted molar refractivity (Wildman–Crippen MR) is 76.5 cm³/mol. The lowest BCUT2D eigenvalue weighted by atomic mass is 10.1. The largest absolute Gasteiger partial charge is 0.378 e. The maximum absolute atomic E-state index is 11.9. The number of hydrogen-bond donors (Lipinski definition) is 1. The highest BCUT2D eigenvalue weighted by Crippen LogP contribution is 2.44. The number of nitrogens with one attached hydrogen (secondary N) is 1. The molecular weight excluding hydrogens is 254 g/mol. The molecule has 0 radical (unpaired) electrons. The van der Waals surface area contributed by atoms with Gasteiger partial charge in [0.25, 0.3) is 0 Å². The molecule has 1 aliphatic heterocycles. The number of anilines is 1. The zero-order chi connectivity index (χ0) is 14.0. The summed E-state index contributed by atoms with van der Waals surface area (Å²) in [5.74, 6) is 1.15. The van der Waals surface area contributed by atoms with Crippen molar-refractivity contribution >= 4 is 11.7 Å². The minimum absolute atomic E-state index is 0.110. The van der Waals surface area contributed by atoms with Gasteiger partial charge in [-0.05, 0) is 24.5 Å². The van der Waals surface area contributed by atoms with Gasteiger partial charge in [0.2, 0.25) is 5.91 Å². The van der Waals surface area contributed by atoms with Crippen molar-refractivity contribution in [3.05, 3.63) is 23.9 Å². The molecule has 1 saturated carbocycles. The number of carbonyl (C=O) groups is 1. The third-order valence-electron chi connectivity index (χ3n) is 4.15. The molecule has 2 aliphatic rings. The molecule has 2 heterocycles. The van der Waals surface area contributed by atoms with Gasteiger partial charge in [-0.15, -0.1) is 0 Å². The molecule has 3 rings (SSSR count). The smallest absolute Gasteiger partial charge is 0.226 e. The van der Waals surface area contributed by atoms with E-state index < -0.39 is 0 Å². The monoisotopic (exact) mass is 275 g/mol. The van der Waals surface area contributed by atoms with Gasteiger partial charge >= 0.3 is 0 Å². The second-order valence-electron chi connectivity index (χ2n) is 5.87. The van der Waals surface area contributed by atoms with Gasteiger partial charge in [0.1, 0.15) is 5.82 Å². The molecule has 1 aromatic rings. The van der Waals surface area contributed by atoms with Crippen molar-refractivity contribution in [2.75, 3.05) is 31.2 Å². The molecule has 0 bridgehead atoms. The van der Waals surface area contributed by atoms with Crippen LogP contribution in [-0.2, 0) is 16.1 Å². The highest BCUT2D eigenvalue weighted by molar-refractivity contribution is 5.84. The summed E-state index contributed by atoms with van der Waals surface area (Å²) in [5, 5.41) is 2.99. The van der Waals surface area contributed by atoms with Gasteiger partial charge in [-0.25, -0.2) is 4.98 Å². The van der Waals surface area contributed by atoms with Crippen LogP contribution in [0.3, 0.4) is 0 Å². The average molecular weight is 275 g/mol. The molecule has 0 aromatic carbocycles. The Morgan fingerprint density at radius 3 is 2.75 bits per heavy atom. The summed E-state index contributed by atoms with van der Waals surface area (Å²) < 4.78 is 5.33. The zero-order valence-corrected chi connectivity index (χ0v) is 11.9. The van der Waals surface area contributed by atoms with Crippen LogP contribution in [0.15, 0.2) is 18.3 Å². The molecule has 5 nitrogen and oxygen atoms in total. The van der Waals surface area contributed by atoms with Crippen LogP contribution in [0.5, 0.6) is 0 Å². The Bertz CT molecular complexity index is 476. The molecule has 0 atom stereocenters. The number of aromatic nitrogens is 1. The van der Waals surface area contributed by atoms with Crippen LogP contribution in [0.2, 0.25) is 0 Å². The molecule has 2 fully saturated rings. The zero-order valence-electron chi connectivity index (χ0n) is 11.9. The van der Waals surface area contributed by atoms with Crippen molar-refractivity contribution in [1.29, 1.82) is 0 Å². The number of nitrogens with zero attached hydrogens (tertiary/aromatic N) is 2. The molecule has 1 aliphatic carbocycles. The number of amides is 1. The van der Waals surface area contributed by atoms with Gasteiger partial charge in [-0.3, -0.25) is 4.79 Å². The van der Waals surface area contributed by atoms with Gasteiger partial charge in [-0.1, -0.05) is 13.0 Å². The molecule has 0 unspecified atom stereocenters. The van der Waals surface area contributed by atoms with E-state index >= 15 is 0 Å². The van der Waals surface area contributed by atoms with E-state index in [1.807, 2.05) is 25.3 Å². The third-order valence-corrected chi connectivity index (χ3v) is 4.15. The van der Waals surface area contributed by atoms with E-state index in [1.54, 1.807) is 0 Å². The number of ether oxygens (including phenoxy) is 1. The minimum atomic E-state index is -0.110. The van der Waals surface area contributed by atoms with Crippen molar-refractivity contribution in [1.82, 2.24) is 10.3 Å². The molecular formula is C15H21N3O2. The lowest BCUT2D eigenvalue weighted by Crippen LogP contribution is -2.36. The second-order valence-corrected chi connectivity index (χ2v) is 5.87. The summed E-state index contributed by atoms with van der Waals surface area (Å²) >= 11 is 0. The minimum Gasteiger partial charge on any atom is -0.378 e. The topological polar surface area (TPSA) is 54.5 Å². The maximum Gasteiger partial charge on any atom is 0.226 e. The summed E-state index contributed by atoms with van der Waals surface area (Å²) in [4.78, 5) is 18.6. The van der Waals surface area contributed by atoms with Crippen molar-refractivity contribution in [2.45, 2.75) is 26.3 Å². The second kappa shape index (κ2) is 5.40. The van der Waals surface area contributed by atoms with Crippen LogP contribution in [-0.4, -0.2) is 37.2 Å². The number of hydrogen-bond acceptors (Lipinski definition) is 4. The third kappa shape index (κ3) is 2.93. The first-order chi connectivity index (χ1) is 9.67. The van der Waals surface area contributed by atoms with E-state index in [2.05, 4.69) is 15.2 Å². The van der Waals surface area contributed by atoms with Crippen molar-refractivity contribution in [3.63, 3.8) is 0 Å². The Morgan fingerprint density at radius 2 is 2.15 bits per heavy atom. The summed E-state index contributed by atoms with van der Waals surface area (Å²) in [5.41, 5.74) is 0.931. The van der Waals surface area contributed by atoms with Gasteiger partial charge in [0, 0.05) is 31.2 Å². The Labute approximate surface area is 119 Å². The van der Waals surface area contributed by atoms with E-state index in [9.17, 15) is 4.79 Å². The summed E-state index contributed by atoms with van der Waals surface area (Å²) in [7, 11) is 0. The molecule has 1 amide bonds. The van der Waals surface area contributed by atoms with Crippen molar-refractivity contribution in [3.8, 4) is 0 Å². The van der Waals surface area contributed by atoms with Crippen LogP contribution in [0.1, 0.15) is 25.3 Å². The van der Waals surface area contributed by atoms with Crippen molar-refractivity contribution < 1.29 is 9.53 Å². The number of morpholine rings is 1. The lowest BCUT2D eigenvalue weighted by Gasteiger charge is -2.27. The van der Waals surface area contributed by atoms with Gasteiger partial charge in [-0.2, -0.15) is 0 Å². The van der Waals surface area contributed by atoms with Crippen molar-refractivity contribution in [2.24, 2.45) is 5.41 Å². The number of pyridine rings is 1. The normalized spacial score (nSPS) is 20.6. The van der Waals surface area contributed by atoms with Gasteiger partial charge in [0.05, 0.1) is 13.2 Å². The van der Waals surface area contributed by atoms with Crippen LogP contribution in [0, 0.1) is 5.41 Å². The quantitative estimate of drug-likeness (QED) is 0.901. The number of rotatable bonds is 4. The summed E-state index contributed by atoms with van der Waals surface area (Å²) in [6, 6.07) is 4.05. The van der Waals surface area contributed by atoms with Crippen LogP contribution in [0.4, 0.5) is 5.82 Å². The molecule has 5 heteroatoms. The predicted octanol–water partition coefficient (Wildman–Crippen LogP) is 1.33. The first-order valence-electron chi connectivity index (χ1n) is 7.23. The molecule has 1 aromatic heterocycles. The Hall–Kier alpha value is -1.62. The van der Waals surface area contributed by atoms with E-state index in [0.29, 0.717) is 6.54 Å². The fourth-order valence-corrected chi connectivity index (χ4v) is 2.31. The average Bonchev–Trinajstić information content (AvgIpc) is 3.25. The van der Waals surface area contributed by atoms with Gasteiger partial charge in [0.15, 0.2) is 0 Å². The van der Waals surface area contributed by atoms with E-state index in [-0.39, 0.29) is 11.3 Å². The Kier molecular flexibility index (Phi) is 3.61. The molecule has 1 saturated heterocycles. The summed E-state index contributed by atoms with van der Waals surface area (Å²) in [6.07, 6.45) is 3.86. The maximum atomic E-state index is 11.9. The van der Waals surface area contributed by atoms with Crippen LogP contribution >= 0.6 is 0 Å². The fraction of sp³-hybridized carbons (Fsp3) is 0.600. The fourth-order valence-electron chi connectivity index (χ4n) is 2.31.